The van der Waals surface area contributed by atoms with E-state index >= 15 is 0 Å². The second kappa shape index (κ2) is 5.81. The zero-order chi connectivity index (χ0) is 14.7. The van der Waals surface area contributed by atoms with Gasteiger partial charge >= 0.3 is 12.0 Å². The van der Waals surface area contributed by atoms with E-state index in [0.717, 1.165) is 12.8 Å². The van der Waals surface area contributed by atoms with Crippen LogP contribution in [0.2, 0.25) is 0 Å². The van der Waals surface area contributed by atoms with Gasteiger partial charge in [-0.2, -0.15) is 0 Å². The predicted octanol–water partition coefficient (Wildman–Crippen LogP) is 2.35. The van der Waals surface area contributed by atoms with Crippen molar-refractivity contribution in [1.29, 1.82) is 0 Å². The normalized spacial score (nSPS) is 18.6. The molecule has 0 saturated carbocycles. The number of nitrogens with one attached hydrogen (secondary N) is 1. The van der Waals surface area contributed by atoms with E-state index < -0.39 is 5.97 Å². The molecule has 1 atom stereocenters. The summed E-state index contributed by atoms with van der Waals surface area (Å²) in [6.45, 7) is 3.51. The van der Waals surface area contributed by atoms with Crippen LogP contribution < -0.4 is 5.32 Å². The summed E-state index contributed by atoms with van der Waals surface area (Å²) in [5, 5.41) is 21.0. The predicted molar refractivity (Wildman–Crippen MR) is 74.1 cm³/mol. The first kappa shape index (κ1) is 14.2. The maximum atomic E-state index is 12.1. The highest BCUT2D eigenvalue weighted by Crippen LogP contribution is 2.22. The van der Waals surface area contributed by atoms with Crippen LogP contribution in [0.5, 0.6) is 5.75 Å². The first-order valence-corrected chi connectivity index (χ1v) is 6.59. The molecule has 1 saturated heterocycles. The number of amides is 2. The van der Waals surface area contributed by atoms with E-state index in [1.807, 2.05) is 0 Å². The SMILES string of the molecule is CC1CCCN(C(=O)Nc2ccc(O)c(C(=O)O)c2)C1. The van der Waals surface area contributed by atoms with Crippen LogP contribution in [0.15, 0.2) is 18.2 Å². The third-order valence-electron chi connectivity index (χ3n) is 3.42. The smallest absolute Gasteiger partial charge is 0.339 e. The van der Waals surface area contributed by atoms with Gasteiger partial charge in [-0.05, 0) is 37.0 Å². The fourth-order valence-electron chi connectivity index (χ4n) is 2.36. The van der Waals surface area contributed by atoms with Gasteiger partial charge in [0.05, 0.1) is 0 Å². The third-order valence-corrected chi connectivity index (χ3v) is 3.42. The van der Waals surface area contributed by atoms with Gasteiger partial charge in [0.2, 0.25) is 0 Å². The molecule has 0 aliphatic carbocycles. The minimum Gasteiger partial charge on any atom is -0.507 e. The zero-order valence-electron chi connectivity index (χ0n) is 11.3. The number of carboxylic acids is 1. The maximum absolute atomic E-state index is 12.1. The largest absolute Gasteiger partial charge is 0.507 e. The highest BCUT2D eigenvalue weighted by Gasteiger charge is 2.21. The number of rotatable bonds is 2. The Hall–Kier alpha value is -2.24. The molecular formula is C14H18N2O4. The quantitative estimate of drug-likeness (QED) is 0.724. The lowest BCUT2D eigenvalue weighted by Crippen LogP contribution is -2.41. The van der Waals surface area contributed by atoms with Crippen LogP contribution in [0.25, 0.3) is 0 Å². The van der Waals surface area contributed by atoms with Crippen LogP contribution in [0, 0.1) is 5.92 Å². The Kier molecular flexibility index (Phi) is 4.12. The topological polar surface area (TPSA) is 89.9 Å². The average Bonchev–Trinajstić information content (AvgIpc) is 2.40. The monoisotopic (exact) mass is 278 g/mol. The molecule has 1 aliphatic rings. The molecule has 1 aromatic rings. The van der Waals surface area contributed by atoms with Gasteiger partial charge in [-0.15, -0.1) is 0 Å². The summed E-state index contributed by atoms with van der Waals surface area (Å²) >= 11 is 0. The molecule has 1 aromatic carbocycles. The molecule has 1 aliphatic heterocycles. The van der Waals surface area contributed by atoms with E-state index in [1.165, 1.54) is 18.2 Å². The van der Waals surface area contributed by atoms with E-state index in [0.29, 0.717) is 24.7 Å². The number of carbonyl (C=O) groups excluding carboxylic acids is 1. The number of piperidine rings is 1. The molecule has 0 aromatic heterocycles. The van der Waals surface area contributed by atoms with Gasteiger partial charge in [-0.1, -0.05) is 6.92 Å². The number of benzene rings is 1. The van der Waals surface area contributed by atoms with Crippen molar-refractivity contribution in [2.75, 3.05) is 18.4 Å². The molecule has 0 radical (unpaired) electrons. The maximum Gasteiger partial charge on any atom is 0.339 e. The number of urea groups is 1. The van der Waals surface area contributed by atoms with E-state index in [-0.39, 0.29) is 17.3 Å². The van der Waals surface area contributed by atoms with Crippen molar-refractivity contribution < 1.29 is 19.8 Å². The van der Waals surface area contributed by atoms with Crippen LogP contribution in [0.4, 0.5) is 10.5 Å². The minimum atomic E-state index is -1.23. The molecule has 1 unspecified atom stereocenters. The Morgan fingerprint density at radius 1 is 1.40 bits per heavy atom. The number of carboxylic acid groups (broad SMARTS) is 1. The number of nitrogens with zero attached hydrogens (tertiary/aromatic N) is 1. The van der Waals surface area contributed by atoms with Crippen LogP contribution in [0.1, 0.15) is 30.1 Å². The van der Waals surface area contributed by atoms with Crippen molar-refractivity contribution in [1.82, 2.24) is 4.90 Å². The number of aromatic carboxylic acids is 1. The molecule has 1 heterocycles. The summed E-state index contributed by atoms with van der Waals surface area (Å²) in [6, 6.07) is 3.76. The molecule has 3 N–H and O–H groups in total. The Morgan fingerprint density at radius 3 is 2.80 bits per heavy atom. The molecule has 2 rings (SSSR count). The molecule has 0 bridgehead atoms. The van der Waals surface area contributed by atoms with Gasteiger partial charge in [-0.3, -0.25) is 0 Å². The van der Waals surface area contributed by atoms with Crippen molar-refractivity contribution in [2.24, 2.45) is 5.92 Å². The van der Waals surface area contributed by atoms with Gasteiger partial charge in [0.15, 0.2) is 0 Å². The van der Waals surface area contributed by atoms with E-state index in [1.54, 1.807) is 4.90 Å². The lowest BCUT2D eigenvalue weighted by Gasteiger charge is -2.30. The summed E-state index contributed by atoms with van der Waals surface area (Å²) in [5.74, 6) is -1.07. The van der Waals surface area contributed by atoms with E-state index in [2.05, 4.69) is 12.2 Å². The van der Waals surface area contributed by atoms with Crippen molar-refractivity contribution in [2.45, 2.75) is 19.8 Å². The number of aromatic hydroxyl groups is 1. The van der Waals surface area contributed by atoms with Gasteiger partial charge in [0, 0.05) is 18.8 Å². The van der Waals surface area contributed by atoms with E-state index in [4.69, 9.17) is 5.11 Å². The molecule has 6 heteroatoms. The van der Waals surface area contributed by atoms with Crippen molar-refractivity contribution in [3.63, 3.8) is 0 Å². The lowest BCUT2D eigenvalue weighted by molar-refractivity contribution is 0.0693. The Morgan fingerprint density at radius 2 is 2.15 bits per heavy atom. The van der Waals surface area contributed by atoms with Crippen LogP contribution in [0.3, 0.4) is 0 Å². The van der Waals surface area contributed by atoms with Gasteiger partial charge in [0.25, 0.3) is 0 Å². The number of likely N-dealkylation sites (tertiary alicyclic amines) is 1. The zero-order valence-corrected chi connectivity index (χ0v) is 11.3. The molecule has 2 amide bonds. The van der Waals surface area contributed by atoms with Gasteiger partial charge < -0.3 is 20.4 Å². The summed E-state index contributed by atoms with van der Waals surface area (Å²) in [4.78, 5) is 24.7. The summed E-state index contributed by atoms with van der Waals surface area (Å²) in [7, 11) is 0. The minimum absolute atomic E-state index is 0.227. The second-order valence-corrected chi connectivity index (χ2v) is 5.16. The van der Waals surface area contributed by atoms with Crippen molar-refractivity contribution >= 4 is 17.7 Å². The molecule has 108 valence electrons. The Bertz CT molecular complexity index is 530. The third kappa shape index (κ3) is 3.20. The number of anilines is 1. The van der Waals surface area contributed by atoms with Crippen LogP contribution in [-0.4, -0.2) is 40.2 Å². The fraction of sp³-hybridized carbons (Fsp3) is 0.429. The number of hydrogen-bond acceptors (Lipinski definition) is 3. The first-order chi connectivity index (χ1) is 9.47. The summed E-state index contributed by atoms with van der Waals surface area (Å²) < 4.78 is 0. The highest BCUT2D eigenvalue weighted by molar-refractivity contribution is 5.95. The van der Waals surface area contributed by atoms with Crippen LogP contribution in [-0.2, 0) is 0 Å². The van der Waals surface area contributed by atoms with Crippen LogP contribution >= 0.6 is 0 Å². The second-order valence-electron chi connectivity index (χ2n) is 5.16. The Labute approximate surface area is 117 Å². The molecule has 6 nitrogen and oxygen atoms in total. The molecule has 20 heavy (non-hydrogen) atoms. The standard InChI is InChI=1S/C14H18N2O4/c1-9-3-2-6-16(8-9)14(20)15-10-4-5-12(17)11(7-10)13(18)19/h4-5,7,9,17H,2-3,6,8H2,1H3,(H,15,20)(H,18,19). The Balaban J connectivity index is 2.07. The molecule has 1 fully saturated rings. The lowest BCUT2D eigenvalue weighted by atomic mass is 10.0. The fourth-order valence-corrected chi connectivity index (χ4v) is 2.36. The summed E-state index contributed by atoms with van der Waals surface area (Å²) in [6.07, 6.45) is 2.09. The first-order valence-electron chi connectivity index (χ1n) is 6.59. The van der Waals surface area contributed by atoms with Gasteiger partial charge in [0.1, 0.15) is 11.3 Å². The van der Waals surface area contributed by atoms with Crippen molar-refractivity contribution in [3.8, 4) is 5.75 Å². The van der Waals surface area contributed by atoms with Gasteiger partial charge in [-0.25, -0.2) is 9.59 Å². The number of carbonyl (C=O) groups is 2. The van der Waals surface area contributed by atoms with Crippen molar-refractivity contribution in [3.05, 3.63) is 23.8 Å². The molecular weight excluding hydrogens is 260 g/mol. The summed E-state index contributed by atoms with van der Waals surface area (Å²) in [5.41, 5.74) is 0.137. The average molecular weight is 278 g/mol. The highest BCUT2D eigenvalue weighted by atomic mass is 16.4. The number of phenols is 1. The van der Waals surface area contributed by atoms with E-state index in [9.17, 15) is 14.7 Å². The molecule has 0 spiro atoms. The number of hydrogen-bond donors (Lipinski definition) is 3.